The normalized spacial score (nSPS) is 17.4. The van der Waals surface area contributed by atoms with E-state index in [9.17, 15) is 4.79 Å². The van der Waals surface area contributed by atoms with Crippen LogP contribution in [0.25, 0.3) is 0 Å². The van der Waals surface area contributed by atoms with Crippen molar-refractivity contribution in [1.82, 2.24) is 15.1 Å². The summed E-state index contributed by atoms with van der Waals surface area (Å²) in [5.41, 5.74) is 1.23. The Labute approximate surface area is 128 Å². The molecular weight excluding hydrogens is 262 g/mol. The number of amides is 2. The number of carbonyl (C=O) groups excluding carboxylic acids is 1. The van der Waals surface area contributed by atoms with Crippen LogP contribution in [0.4, 0.5) is 4.79 Å². The van der Waals surface area contributed by atoms with Crippen molar-refractivity contribution in [1.29, 1.82) is 0 Å². The van der Waals surface area contributed by atoms with Crippen LogP contribution in [0.15, 0.2) is 30.3 Å². The van der Waals surface area contributed by atoms with Crippen molar-refractivity contribution >= 4 is 6.03 Å². The standard InChI is InChI=1S/C17H27N3O/c1-19(2)16(15-10-6-5-7-11-15)14-18-17(21)20-12-8-3-4-9-13-20/h5-7,10-11,16H,3-4,8-9,12-14H2,1-2H3,(H,18,21). The lowest BCUT2D eigenvalue weighted by molar-refractivity contribution is 0.194. The Hall–Kier alpha value is -1.55. The minimum Gasteiger partial charge on any atom is -0.336 e. The summed E-state index contributed by atoms with van der Waals surface area (Å²) in [6.45, 7) is 2.43. The lowest BCUT2D eigenvalue weighted by Gasteiger charge is -2.27. The number of likely N-dealkylation sites (tertiary alicyclic amines) is 1. The molecule has 2 rings (SSSR count). The fourth-order valence-electron chi connectivity index (χ4n) is 2.84. The summed E-state index contributed by atoms with van der Waals surface area (Å²) < 4.78 is 0. The third-order valence-electron chi connectivity index (χ3n) is 4.15. The van der Waals surface area contributed by atoms with E-state index in [1.54, 1.807) is 0 Å². The monoisotopic (exact) mass is 289 g/mol. The van der Waals surface area contributed by atoms with E-state index in [1.165, 1.54) is 18.4 Å². The molecule has 1 aromatic carbocycles. The predicted molar refractivity (Wildman–Crippen MR) is 86.3 cm³/mol. The molecule has 0 radical (unpaired) electrons. The maximum absolute atomic E-state index is 12.3. The number of likely N-dealkylation sites (N-methyl/N-ethyl adjacent to an activating group) is 1. The predicted octanol–water partition coefficient (Wildman–Crippen LogP) is 2.87. The Kier molecular flexibility index (Phi) is 6.05. The molecule has 116 valence electrons. The number of carbonyl (C=O) groups is 1. The average Bonchev–Trinajstić information content (AvgIpc) is 2.77. The van der Waals surface area contributed by atoms with Crippen LogP contribution in [0.1, 0.15) is 37.3 Å². The molecule has 0 saturated carbocycles. The third-order valence-corrected chi connectivity index (χ3v) is 4.15. The fourth-order valence-corrected chi connectivity index (χ4v) is 2.84. The number of hydrogen-bond acceptors (Lipinski definition) is 2. The summed E-state index contributed by atoms with van der Waals surface area (Å²) >= 11 is 0. The Morgan fingerprint density at radius 3 is 2.33 bits per heavy atom. The zero-order valence-corrected chi connectivity index (χ0v) is 13.2. The summed E-state index contributed by atoms with van der Waals surface area (Å²) in [4.78, 5) is 16.4. The maximum atomic E-state index is 12.3. The van der Waals surface area contributed by atoms with Crippen LogP contribution >= 0.6 is 0 Å². The molecule has 4 heteroatoms. The van der Waals surface area contributed by atoms with Gasteiger partial charge in [-0.3, -0.25) is 0 Å². The second-order valence-electron chi connectivity index (χ2n) is 5.98. The van der Waals surface area contributed by atoms with Gasteiger partial charge in [0, 0.05) is 19.6 Å². The van der Waals surface area contributed by atoms with E-state index in [-0.39, 0.29) is 12.1 Å². The molecule has 1 N–H and O–H groups in total. The van der Waals surface area contributed by atoms with Gasteiger partial charge in [0.25, 0.3) is 0 Å². The van der Waals surface area contributed by atoms with Crippen LogP contribution < -0.4 is 5.32 Å². The van der Waals surface area contributed by atoms with Crippen LogP contribution in [0, 0.1) is 0 Å². The van der Waals surface area contributed by atoms with E-state index in [0.29, 0.717) is 6.54 Å². The first-order valence-electron chi connectivity index (χ1n) is 7.92. The van der Waals surface area contributed by atoms with Crippen LogP contribution in [0.5, 0.6) is 0 Å². The average molecular weight is 289 g/mol. The fraction of sp³-hybridized carbons (Fsp3) is 0.588. The van der Waals surface area contributed by atoms with Crippen LogP contribution in [-0.4, -0.2) is 49.6 Å². The quantitative estimate of drug-likeness (QED) is 0.925. The maximum Gasteiger partial charge on any atom is 0.317 e. The molecule has 0 aromatic heterocycles. The van der Waals surface area contributed by atoms with Gasteiger partial charge in [-0.2, -0.15) is 0 Å². The van der Waals surface area contributed by atoms with Crippen molar-refractivity contribution in [2.75, 3.05) is 33.7 Å². The lowest BCUT2D eigenvalue weighted by Crippen LogP contribution is -2.43. The molecule has 1 fully saturated rings. The van der Waals surface area contributed by atoms with Gasteiger partial charge in [0.15, 0.2) is 0 Å². The van der Waals surface area contributed by atoms with E-state index < -0.39 is 0 Å². The molecule has 2 amide bonds. The molecule has 1 aromatic rings. The molecule has 1 unspecified atom stereocenters. The molecule has 1 aliphatic rings. The molecule has 21 heavy (non-hydrogen) atoms. The molecule has 0 spiro atoms. The van der Waals surface area contributed by atoms with E-state index in [1.807, 2.05) is 23.1 Å². The number of hydrogen-bond donors (Lipinski definition) is 1. The van der Waals surface area contributed by atoms with Crippen molar-refractivity contribution in [3.05, 3.63) is 35.9 Å². The first-order valence-corrected chi connectivity index (χ1v) is 7.92. The van der Waals surface area contributed by atoms with Gasteiger partial charge in [-0.1, -0.05) is 43.2 Å². The first kappa shape index (κ1) is 15.8. The summed E-state index contributed by atoms with van der Waals surface area (Å²) in [5, 5.41) is 3.11. The van der Waals surface area contributed by atoms with Gasteiger partial charge < -0.3 is 15.1 Å². The second kappa shape index (κ2) is 8.03. The molecule has 1 atom stereocenters. The highest BCUT2D eigenvalue weighted by molar-refractivity contribution is 5.74. The zero-order valence-electron chi connectivity index (χ0n) is 13.2. The van der Waals surface area contributed by atoms with E-state index >= 15 is 0 Å². The molecule has 1 heterocycles. The van der Waals surface area contributed by atoms with Gasteiger partial charge in [0.1, 0.15) is 0 Å². The van der Waals surface area contributed by atoms with Crippen LogP contribution in [-0.2, 0) is 0 Å². The highest BCUT2D eigenvalue weighted by Gasteiger charge is 2.18. The van der Waals surface area contributed by atoms with E-state index in [4.69, 9.17) is 0 Å². The first-order chi connectivity index (χ1) is 10.2. The largest absolute Gasteiger partial charge is 0.336 e. The van der Waals surface area contributed by atoms with Gasteiger partial charge >= 0.3 is 6.03 Å². The molecule has 4 nitrogen and oxygen atoms in total. The van der Waals surface area contributed by atoms with Gasteiger partial charge in [-0.15, -0.1) is 0 Å². The summed E-state index contributed by atoms with van der Waals surface area (Å²) in [6, 6.07) is 10.6. The van der Waals surface area contributed by atoms with Crippen LogP contribution in [0.3, 0.4) is 0 Å². The smallest absolute Gasteiger partial charge is 0.317 e. The van der Waals surface area contributed by atoms with Gasteiger partial charge in [-0.05, 0) is 32.5 Å². The van der Waals surface area contributed by atoms with Crippen molar-refractivity contribution in [3.8, 4) is 0 Å². The zero-order chi connectivity index (χ0) is 15.1. The van der Waals surface area contributed by atoms with Gasteiger partial charge in [-0.25, -0.2) is 4.79 Å². The third kappa shape index (κ3) is 4.74. The lowest BCUT2D eigenvalue weighted by atomic mass is 10.1. The number of rotatable bonds is 4. The number of urea groups is 1. The molecule has 1 saturated heterocycles. The molecule has 0 bridgehead atoms. The van der Waals surface area contributed by atoms with E-state index in [0.717, 1.165) is 25.9 Å². The highest BCUT2D eigenvalue weighted by Crippen LogP contribution is 2.17. The van der Waals surface area contributed by atoms with Crippen LogP contribution in [0.2, 0.25) is 0 Å². The van der Waals surface area contributed by atoms with Crippen molar-refractivity contribution in [2.45, 2.75) is 31.7 Å². The second-order valence-corrected chi connectivity index (χ2v) is 5.98. The van der Waals surface area contributed by atoms with Crippen molar-refractivity contribution in [2.24, 2.45) is 0 Å². The highest BCUT2D eigenvalue weighted by atomic mass is 16.2. The minimum atomic E-state index is 0.0830. The topological polar surface area (TPSA) is 35.6 Å². The van der Waals surface area contributed by atoms with Crippen molar-refractivity contribution in [3.63, 3.8) is 0 Å². The van der Waals surface area contributed by atoms with Crippen molar-refractivity contribution < 1.29 is 4.79 Å². The Morgan fingerprint density at radius 1 is 1.14 bits per heavy atom. The SMILES string of the molecule is CN(C)C(CNC(=O)N1CCCCCC1)c1ccccc1. The Bertz CT molecular complexity index is 425. The minimum absolute atomic E-state index is 0.0830. The summed E-state index contributed by atoms with van der Waals surface area (Å²) in [7, 11) is 4.10. The molecule has 0 aliphatic carbocycles. The number of nitrogens with zero attached hydrogens (tertiary/aromatic N) is 2. The molecule has 1 aliphatic heterocycles. The Balaban J connectivity index is 1.91. The summed E-state index contributed by atoms with van der Waals surface area (Å²) in [5.74, 6) is 0. The van der Waals surface area contributed by atoms with Gasteiger partial charge in [0.05, 0.1) is 6.04 Å². The number of benzene rings is 1. The van der Waals surface area contributed by atoms with E-state index in [2.05, 4.69) is 36.4 Å². The number of nitrogens with one attached hydrogen (secondary N) is 1. The molecular formula is C17H27N3O. The van der Waals surface area contributed by atoms with Gasteiger partial charge in [0.2, 0.25) is 0 Å². The summed E-state index contributed by atoms with van der Waals surface area (Å²) in [6.07, 6.45) is 4.74. The Morgan fingerprint density at radius 2 is 1.76 bits per heavy atom.